The summed E-state index contributed by atoms with van der Waals surface area (Å²) in [5, 5.41) is 11.6. The maximum atomic E-state index is 13.1. The highest BCUT2D eigenvalue weighted by molar-refractivity contribution is 6.46. The van der Waals surface area contributed by atoms with E-state index in [1.807, 2.05) is 31.2 Å². The molecule has 0 radical (unpaired) electrons. The van der Waals surface area contributed by atoms with Gasteiger partial charge in [0.05, 0.1) is 35.9 Å². The molecule has 1 fully saturated rings. The van der Waals surface area contributed by atoms with Crippen molar-refractivity contribution in [2.75, 3.05) is 27.4 Å². The van der Waals surface area contributed by atoms with E-state index in [0.29, 0.717) is 5.02 Å². The van der Waals surface area contributed by atoms with Gasteiger partial charge in [-0.3, -0.25) is 9.59 Å². The standard InChI is InChI=1S/C26H30ClNO5/c1-15-13-18(24(33-6)19(27)14-15)22(29)20-21(28(11-12-32-5)25(31)23(20)30)16-7-9-17(10-8-16)26(2,3)4/h7-10,13-14,21,29H,11-12H2,1-6H3/b22-20+. The zero-order valence-corrected chi connectivity index (χ0v) is 20.6. The molecule has 2 aromatic carbocycles. The number of aryl methyl sites for hydroxylation is 1. The Bertz CT molecular complexity index is 1100. The van der Waals surface area contributed by atoms with Crippen LogP contribution in [0.3, 0.4) is 0 Å². The van der Waals surface area contributed by atoms with Gasteiger partial charge in [0.2, 0.25) is 0 Å². The van der Waals surface area contributed by atoms with Crippen molar-refractivity contribution in [3.05, 3.63) is 69.2 Å². The Morgan fingerprint density at radius 3 is 2.30 bits per heavy atom. The monoisotopic (exact) mass is 471 g/mol. The minimum Gasteiger partial charge on any atom is -0.507 e. The number of Topliss-reactive ketones (excluding diaryl/α,β-unsaturated/α-hetero) is 1. The lowest BCUT2D eigenvalue weighted by atomic mass is 9.85. The first-order valence-corrected chi connectivity index (χ1v) is 11.1. The number of aliphatic hydroxyl groups is 1. The van der Waals surface area contributed by atoms with Gasteiger partial charge >= 0.3 is 0 Å². The summed E-state index contributed by atoms with van der Waals surface area (Å²) in [5.74, 6) is -1.52. The van der Waals surface area contributed by atoms with Crippen molar-refractivity contribution in [1.82, 2.24) is 4.90 Å². The van der Waals surface area contributed by atoms with E-state index >= 15 is 0 Å². The van der Waals surface area contributed by atoms with Gasteiger partial charge in [-0.05, 0) is 41.2 Å². The summed E-state index contributed by atoms with van der Waals surface area (Å²) >= 11 is 6.32. The van der Waals surface area contributed by atoms with Gasteiger partial charge in [-0.15, -0.1) is 0 Å². The number of hydrogen-bond donors (Lipinski definition) is 1. The third-order valence-electron chi connectivity index (χ3n) is 5.82. The van der Waals surface area contributed by atoms with E-state index in [9.17, 15) is 14.7 Å². The molecule has 176 valence electrons. The molecule has 0 aliphatic carbocycles. The van der Waals surface area contributed by atoms with Crippen LogP contribution in [0.25, 0.3) is 5.76 Å². The zero-order chi connectivity index (χ0) is 24.5. The summed E-state index contributed by atoms with van der Waals surface area (Å²) in [5.41, 5.74) is 2.83. The Kier molecular flexibility index (Phi) is 7.20. The maximum Gasteiger partial charge on any atom is 0.295 e. The maximum absolute atomic E-state index is 13.1. The van der Waals surface area contributed by atoms with E-state index in [2.05, 4.69) is 20.8 Å². The second-order valence-electron chi connectivity index (χ2n) is 9.18. The number of likely N-dealkylation sites (tertiary alicyclic amines) is 1. The van der Waals surface area contributed by atoms with E-state index in [1.54, 1.807) is 12.1 Å². The van der Waals surface area contributed by atoms with Crippen molar-refractivity contribution in [2.45, 2.75) is 39.2 Å². The van der Waals surface area contributed by atoms with Crippen LogP contribution in [0.5, 0.6) is 5.75 Å². The third kappa shape index (κ3) is 4.77. The molecular formula is C26H30ClNO5. The molecule has 7 heteroatoms. The molecular weight excluding hydrogens is 442 g/mol. The molecule has 2 aromatic rings. The predicted octanol–water partition coefficient (Wildman–Crippen LogP) is 5.02. The van der Waals surface area contributed by atoms with Gasteiger partial charge in [0.1, 0.15) is 11.5 Å². The van der Waals surface area contributed by atoms with Gasteiger partial charge in [0.15, 0.2) is 0 Å². The average Bonchev–Trinajstić information content (AvgIpc) is 3.01. The van der Waals surface area contributed by atoms with Crippen LogP contribution in [0.4, 0.5) is 0 Å². The van der Waals surface area contributed by atoms with E-state index in [-0.39, 0.29) is 41.2 Å². The lowest BCUT2D eigenvalue weighted by Gasteiger charge is -2.26. The van der Waals surface area contributed by atoms with E-state index in [0.717, 1.165) is 16.7 Å². The quantitative estimate of drug-likeness (QED) is 0.363. The number of carbonyl (C=O) groups excluding carboxylic acids is 2. The van der Waals surface area contributed by atoms with Crippen molar-refractivity contribution in [3.63, 3.8) is 0 Å². The average molecular weight is 472 g/mol. The highest BCUT2D eigenvalue weighted by Gasteiger charge is 2.46. The summed E-state index contributed by atoms with van der Waals surface area (Å²) in [6.07, 6.45) is 0. The lowest BCUT2D eigenvalue weighted by Crippen LogP contribution is -2.32. The number of aliphatic hydroxyl groups excluding tert-OH is 1. The van der Waals surface area contributed by atoms with Crippen molar-refractivity contribution in [1.29, 1.82) is 0 Å². The van der Waals surface area contributed by atoms with Crippen molar-refractivity contribution >= 4 is 29.1 Å². The first kappa shape index (κ1) is 24.8. The topological polar surface area (TPSA) is 76.1 Å². The first-order chi connectivity index (χ1) is 15.5. The van der Waals surface area contributed by atoms with Crippen LogP contribution in [0.1, 0.15) is 49.1 Å². The third-order valence-corrected chi connectivity index (χ3v) is 6.10. The Balaban J connectivity index is 2.23. The van der Waals surface area contributed by atoms with E-state index in [1.165, 1.54) is 19.1 Å². The fourth-order valence-electron chi connectivity index (χ4n) is 4.07. The number of benzene rings is 2. The van der Waals surface area contributed by atoms with Gasteiger partial charge in [-0.25, -0.2) is 0 Å². The first-order valence-electron chi connectivity index (χ1n) is 10.7. The highest BCUT2D eigenvalue weighted by atomic mass is 35.5. The molecule has 1 amide bonds. The molecule has 1 atom stereocenters. The second-order valence-corrected chi connectivity index (χ2v) is 9.59. The number of halogens is 1. The summed E-state index contributed by atoms with van der Waals surface area (Å²) in [7, 11) is 2.97. The largest absolute Gasteiger partial charge is 0.507 e. The smallest absolute Gasteiger partial charge is 0.295 e. The van der Waals surface area contributed by atoms with Gasteiger partial charge in [-0.2, -0.15) is 0 Å². The van der Waals surface area contributed by atoms with Crippen LogP contribution in [0, 0.1) is 6.92 Å². The summed E-state index contributed by atoms with van der Waals surface area (Å²) in [6.45, 7) is 8.61. The Morgan fingerprint density at radius 1 is 1.12 bits per heavy atom. The van der Waals surface area contributed by atoms with Gasteiger partial charge in [0.25, 0.3) is 11.7 Å². The summed E-state index contributed by atoms with van der Waals surface area (Å²) in [4.78, 5) is 27.6. The fraction of sp³-hybridized carbons (Fsp3) is 0.385. The molecule has 1 heterocycles. The van der Waals surface area contributed by atoms with Crippen molar-refractivity contribution < 1.29 is 24.2 Å². The van der Waals surface area contributed by atoms with Crippen LogP contribution in [-0.2, 0) is 19.7 Å². The number of ether oxygens (including phenoxy) is 2. The molecule has 0 aromatic heterocycles. The molecule has 0 spiro atoms. The molecule has 1 aliphatic rings. The second kappa shape index (κ2) is 9.57. The van der Waals surface area contributed by atoms with Crippen LogP contribution < -0.4 is 4.74 Å². The number of amides is 1. The SMILES string of the molecule is COCCN1C(=O)C(=O)/C(=C(/O)c2cc(C)cc(Cl)c2OC)C1c1ccc(C(C)(C)C)cc1. The van der Waals surface area contributed by atoms with Gasteiger partial charge < -0.3 is 19.5 Å². The molecule has 1 aliphatic heterocycles. The Morgan fingerprint density at radius 2 is 1.76 bits per heavy atom. The van der Waals surface area contributed by atoms with Crippen molar-refractivity contribution in [2.24, 2.45) is 0 Å². The number of methoxy groups -OCH3 is 2. The molecule has 3 rings (SSSR count). The molecule has 0 saturated carbocycles. The lowest BCUT2D eigenvalue weighted by molar-refractivity contribution is -0.140. The van der Waals surface area contributed by atoms with Crippen LogP contribution in [-0.4, -0.2) is 49.1 Å². The van der Waals surface area contributed by atoms with Crippen molar-refractivity contribution in [3.8, 4) is 5.75 Å². The Hall–Kier alpha value is -2.83. The molecule has 0 bridgehead atoms. The molecule has 1 N–H and O–H groups in total. The fourth-order valence-corrected chi connectivity index (χ4v) is 4.42. The predicted molar refractivity (Wildman–Crippen MR) is 129 cm³/mol. The minimum atomic E-state index is -0.766. The summed E-state index contributed by atoms with van der Waals surface area (Å²) in [6, 6.07) is 10.4. The van der Waals surface area contributed by atoms with E-state index < -0.39 is 17.7 Å². The van der Waals surface area contributed by atoms with E-state index in [4.69, 9.17) is 21.1 Å². The van der Waals surface area contributed by atoms with Gasteiger partial charge in [0, 0.05) is 13.7 Å². The molecule has 6 nitrogen and oxygen atoms in total. The summed E-state index contributed by atoms with van der Waals surface area (Å²) < 4.78 is 10.6. The van der Waals surface area contributed by atoms with Crippen LogP contribution >= 0.6 is 11.6 Å². The number of carbonyl (C=O) groups is 2. The van der Waals surface area contributed by atoms with Crippen LogP contribution in [0.15, 0.2) is 42.0 Å². The normalized spacial score (nSPS) is 18.2. The number of ketones is 1. The molecule has 1 saturated heterocycles. The minimum absolute atomic E-state index is 0.000390. The Labute approximate surface area is 199 Å². The number of hydrogen-bond acceptors (Lipinski definition) is 5. The zero-order valence-electron chi connectivity index (χ0n) is 19.9. The number of nitrogens with zero attached hydrogens (tertiary/aromatic N) is 1. The molecule has 33 heavy (non-hydrogen) atoms. The molecule has 1 unspecified atom stereocenters. The van der Waals surface area contributed by atoms with Gasteiger partial charge in [-0.1, -0.05) is 56.6 Å². The van der Waals surface area contributed by atoms with Crippen LogP contribution in [0.2, 0.25) is 5.02 Å². The number of rotatable bonds is 6. The highest BCUT2D eigenvalue weighted by Crippen LogP contribution is 2.43.